The molecule has 0 atom stereocenters. The van der Waals surface area contributed by atoms with Crippen LogP contribution < -0.4 is 5.49 Å². The van der Waals surface area contributed by atoms with Crippen LogP contribution in [0.2, 0.25) is 0 Å². The van der Waals surface area contributed by atoms with Gasteiger partial charge in [-0.25, -0.2) is 17.8 Å². The molecule has 0 fully saturated rings. The highest BCUT2D eigenvalue weighted by Gasteiger charge is 2.25. The number of fused-ring (bicyclic) bond motifs is 3. The van der Waals surface area contributed by atoms with E-state index in [0.29, 0.717) is 24.1 Å². The lowest BCUT2D eigenvalue weighted by Gasteiger charge is -2.13. The minimum atomic E-state index is -4.02. The molecule has 6 nitrogen and oxygen atoms in total. The molecule has 5 rings (SSSR count). The lowest BCUT2D eigenvalue weighted by atomic mass is 10.1. The third-order valence-corrected chi connectivity index (χ3v) is 7.42. The Balaban J connectivity index is 1.72. The SMILES string of the molecule is Cc1ccc(S(=O)(=O)c2nc3c4ccccc4[nH]c3n(CCc3ccc(F)cc3)c2=N)cc1. The molecule has 2 aromatic heterocycles. The normalized spacial score (nSPS) is 11.9. The summed E-state index contributed by atoms with van der Waals surface area (Å²) in [6, 6.07) is 20.2. The van der Waals surface area contributed by atoms with Crippen LogP contribution >= 0.6 is 0 Å². The van der Waals surface area contributed by atoms with Crippen molar-refractivity contribution in [2.45, 2.75) is 29.8 Å². The molecule has 0 aliphatic rings. The van der Waals surface area contributed by atoms with E-state index in [0.717, 1.165) is 22.0 Å². The number of aromatic nitrogens is 3. The summed E-state index contributed by atoms with van der Waals surface area (Å²) >= 11 is 0. The van der Waals surface area contributed by atoms with E-state index in [1.807, 2.05) is 31.2 Å². The first kappa shape index (κ1) is 21.1. The van der Waals surface area contributed by atoms with E-state index in [1.54, 1.807) is 28.8 Å². The van der Waals surface area contributed by atoms with Crippen molar-refractivity contribution in [2.24, 2.45) is 0 Å². The van der Waals surface area contributed by atoms with Gasteiger partial charge in [0, 0.05) is 17.4 Å². The Hall–Kier alpha value is -3.78. The van der Waals surface area contributed by atoms with Crippen LogP contribution in [-0.2, 0) is 22.8 Å². The molecule has 2 heterocycles. The molecule has 3 aromatic carbocycles. The fraction of sp³-hybridized carbons (Fsp3) is 0.120. The van der Waals surface area contributed by atoms with E-state index in [-0.39, 0.29) is 21.2 Å². The first-order chi connectivity index (χ1) is 15.8. The maximum absolute atomic E-state index is 13.5. The standard InChI is InChI=1S/C25H21FN4O2S/c1-16-6-12-19(13-7-16)33(31,32)25-23(27)30(15-14-17-8-10-18(26)11-9-17)24-22(29-25)20-4-2-3-5-21(20)28-24/h2-13,27-28H,14-15H2,1H3. The highest BCUT2D eigenvalue weighted by Crippen LogP contribution is 2.25. The molecule has 0 amide bonds. The lowest BCUT2D eigenvalue weighted by Crippen LogP contribution is -2.29. The molecule has 166 valence electrons. The number of benzene rings is 3. The summed E-state index contributed by atoms with van der Waals surface area (Å²) in [5.41, 5.74) is 3.50. The van der Waals surface area contributed by atoms with E-state index >= 15 is 0 Å². The van der Waals surface area contributed by atoms with Crippen molar-refractivity contribution in [1.29, 1.82) is 5.41 Å². The van der Waals surface area contributed by atoms with Crippen LogP contribution in [0.25, 0.3) is 22.1 Å². The van der Waals surface area contributed by atoms with E-state index in [4.69, 9.17) is 5.41 Å². The summed E-state index contributed by atoms with van der Waals surface area (Å²) in [5.74, 6) is -0.319. The van der Waals surface area contributed by atoms with Crippen molar-refractivity contribution in [2.75, 3.05) is 0 Å². The monoisotopic (exact) mass is 460 g/mol. The van der Waals surface area contributed by atoms with E-state index in [9.17, 15) is 12.8 Å². The zero-order chi connectivity index (χ0) is 23.2. The van der Waals surface area contributed by atoms with Crippen LogP contribution in [0.5, 0.6) is 0 Å². The zero-order valence-electron chi connectivity index (χ0n) is 17.8. The average molecular weight is 461 g/mol. The molecule has 8 heteroatoms. The van der Waals surface area contributed by atoms with Gasteiger partial charge in [0.25, 0.3) is 0 Å². The molecule has 5 aromatic rings. The van der Waals surface area contributed by atoms with Crippen LogP contribution in [0.15, 0.2) is 82.7 Å². The van der Waals surface area contributed by atoms with Gasteiger partial charge in [0.2, 0.25) is 14.9 Å². The predicted molar refractivity (Wildman–Crippen MR) is 124 cm³/mol. The molecule has 0 saturated heterocycles. The van der Waals surface area contributed by atoms with Gasteiger partial charge in [0.15, 0.2) is 5.49 Å². The van der Waals surface area contributed by atoms with E-state index in [1.165, 1.54) is 24.3 Å². The second-order valence-corrected chi connectivity index (χ2v) is 9.84. The Morgan fingerprint density at radius 3 is 2.42 bits per heavy atom. The Morgan fingerprint density at radius 2 is 1.70 bits per heavy atom. The fourth-order valence-corrected chi connectivity index (χ4v) is 5.23. The number of hydrogen-bond acceptors (Lipinski definition) is 4. The Morgan fingerprint density at radius 1 is 1.00 bits per heavy atom. The molecule has 0 aliphatic carbocycles. The van der Waals surface area contributed by atoms with Gasteiger partial charge in [0.1, 0.15) is 17.0 Å². The van der Waals surface area contributed by atoms with Gasteiger partial charge in [-0.3, -0.25) is 5.41 Å². The van der Waals surface area contributed by atoms with Gasteiger partial charge in [-0.05, 0) is 49.2 Å². The molecule has 0 spiro atoms. The van der Waals surface area contributed by atoms with Crippen molar-refractivity contribution in [1.82, 2.24) is 14.5 Å². The molecular weight excluding hydrogens is 439 g/mol. The quantitative estimate of drug-likeness (QED) is 0.404. The summed E-state index contributed by atoms with van der Waals surface area (Å²) in [6.07, 6.45) is 0.495. The summed E-state index contributed by atoms with van der Waals surface area (Å²) < 4.78 is 41.9. The molecular formula is C25H21FN4O2S. The van der Waals surface area contributed by atoms with Gasteiger partial charge >= 0.3 is 0 Å². The second-order valence-electron chi connectivity index (χ2n) is 7.98. The molecule has 0 saturated carbocycles. The number of H-pyrrole nitrogens is 1. The van der Waals surface area contributed by atoms with Crippen LogP contribution in [0.1, 0.15) is 11.1 Å². The van der Waals surface area contributed by atoms with Crippen LogP contribution in [0.4, 0.5) is 4.39 Å². The lowest BCUT2D eigenvalue weighted by molar-refractivity contribution is 0.580. The Kier molecular flexibility index (Phi) is 5.09. The van der Waals surface area contributed by atoms with Gasteiger partial charge in [0.05, 0.1) is 4.90 Å². The number of sulfone groups is 1. The summed E-state index contributed by atoms with van der Waals surface area (Å²) in [4.78, 5) is 7.86. The average Bonchev–Trinajstić information content (AvgIpc) is 3.18. The van der Waals surface area contributed by atoms with Crippen molar-refractivity contribution in [3.63, 3.8) is 0 Å². The topological polar surface area (TPSA) is 91.6 Å². The molecule has 0 unspecified atom stereocenters. The summed E-state index contributed by atoms with van der Waals surface area (Å²) in [5, 5.41) is 9.28. The van der Waals surface area contributed by atoms with E-state index < -0.39 is 9.84 Å². The maximum atomic E-state index is 13.5. The number of rotatable bonds is 5. The minimum absolute atomic E-state index is 0.0957. The van der Waals surface area contributed by atoms with Gasteiger partial charge in [-0.15, -0.1) is 0 Å². The number of aryl methyl sites for hydroxylation is 3. The van der Waals surface area contributed by atoms with E-state index in [2.05, 4.69) is 9.97 Å². The largest absolute Gasteiger partial charge is 0.339 e. The third kappa shape index (κ3) is 3.72. The fourth-order valence-electron chi connectivity index (χ4n) is 3.94. The van der Waals surface area contributed by atoms with Crippen LogP contribution in [0.3, 0.4) is 0 Å². The molecule has 0 radical (unpaired) electrons. The molecule has 0 bridgehead atoms. The number of nitrogens with one attached hydrogen (secondary N) is 2. The van der Waals surface area contributed by atoms with Crippen molar-refractivity contribution < 1.29 is 12.8 Å². The zero-order valence-corrected chi connectivity index (χ0v) is 18.7. The number of nitrogens with zero attached hydrogens (tertiary/aromatic N) is 2. The summed E-state index contributed by atoms with van der Waals surface area (Å²) in [6.45, 7) is 2.21. The molecule has 2 N–H and O–H groups in total. The van der Waals surface area contributed by atoms with Crippen LogP contribution in [-0.4, -0.2) is 23.0 Å². The third-order valence-electron chi connectivity index (χ3n) is 5.74. The van der Waals surface area contributed by atoms with Gasteiger partial charge in [-0.1, -0.05) is 48.0 Å². The second kappa shape index (κ2) is 7.97. The highest BCUT2D eigenvalue weighted by molar-refractivity contribution is 7.91. The number of halogens is 1. The van der Waals surface area contributed by atoms with Gasteiger partial charge in [-0.2, -0.15) is 0 Å². The molecule has 33 heavy (non-hydrogen) atoms. The summed E-state index contributed by atoms with van der Waals surface area (Å²) in [7, 11) is -4.02. The minimum Gasteiger partial charge on any atom is -0.339 e. The van der Waals surface area contributed by atoms with Crippen LogP contribution in [0, 0.1) is 18.2 Å². The predicted octanol–water partition coefficient (Wildman–Crippen LogP) is 4.52. The van der Waals surface area contributed by atoms with Gasteiger partial charge < -0.3 is 9.55 Å². The van der Waals surface area contributed by atoms with Crippen molar-refractivity contribution in [3.05, 3.63) is 95.2 Å². The van der Waals surface area contributed by atoms with Crippen molar-refractivity contribution >= 4 is 31.9 Å². The molecule has 0 aliphatic heterocycles. The smallest absolute Gasteiger partial charge is 0.227 e. The number of hydrogen-bond donors (Lipinski definition) is 2. The Labute approximate surface area is 189 Å². The number of aromatic amines is 1. The van der Waals surface area contributed by atoms with Crippen molar-refractivity contribution in [3.8, 4) is 0 Å². The highest BCUT2D eigenvalue weighted by atomic mass is 32.2. The number of para-hydroxylation sites is 1. The Bertz CT molecular complexity index is 1650. The first-order valence-corrected chi connectivity index (χ1v) is 11.9. The maximum Gasteiger partial charge on any atom is 0.227 e. The first-order valence-electron chi connectivity index (χ1n) is 10.5.